The van der Waals surface area contributed by atoms with Crippen LogP contribution in [0.4, 0.5) is 0 Å². The smallest absolute Gasteiger partial charge is 0.159 e. The predicted octanol–water partition coefficient (Wildman–Crippen LogP) is 4.84. The lowest BCUT2D eigenvalue weighted by Gasteiger charge is -2.13. The van der Waals surface area contributed by atoms with Crippen molar-refractivity contribution in [2.75, 3.05) is 0 Å². The first-order chi connectivity index (χ1) is 11.6. The van der Waals surface area contributed by atoms with Gasteiger partial charge in [0.05, 0.1) is 0 Å². The van der Waals surface area contributed by atoms with Crippen LogP contribution in [0.3, 0.4) is 0 Å². The molecule has 3 nitrogen and oxygen atoms in total. The third kappa shape index (κ3) is 3.63. The molecule has 0 heterocycles. The van der Waals surface area contributed by atoms with E-state index in [2.05, 4.69) is 0 Å². The highest BCUT2D eigenvalue weighted by Crippen LogP contribution is 2.34. The van der Waals surface area contributed by atoms with Gasteiger partial charge in [0.15, 0.2) is 5.78 Å². The molecule has 0 saturated heterocycles. The second kappa shape index (κ2) is 7.01. The van der Waals surface area contributed by atoms with Gasteiger partial charge < -0.3 is 9.84 Å². The van der Waals surface area contributed by atoms with Crippen LogP contribution >= 0.6 is 0 Å². The average molecular weight is 318 g/mol. The zero-order chi connectivity index (χ0) is 16.9. The molecule has 0 aromatic heterocycles. The highest BCUT2D eigenvalue weighted by Gasteiger charge is 2.10. The summed E-state index contributed by atoms with van der Waals surface area (Å²) in [5, 5.41) is 9.84. The molecule has 0 unspecified atom stereocenters. The molecule has 1 N–H and O–H groups in total. The van der Waals surface area contributed by atoms with Crippen molar-refractivity contribution in [3.63, 3.8) is 0 Å². The van der Waals surface area contributed by atoms with E-state index in [9.17, 15) is 9.90 Å². The summed E-state index contributed by atoms with van der Waals surface area (Å²) in [6.07, 6.45) is 0. The summed E-state index contributed by atoms with van der Waals surface area (Å²) >= 11 is 0. The molecule has 0 bridgehead atoms. The third-order valence-corrected chi connectivity index (χ3v) is 3.78. The van der Waals surface area contributed by atoms with Gasteiger partial charge in [0.1, 0.15) is 18.1 Å². The molecule has 0 saturated carbocycles. The summed E-state index contributed by atoms with van der Waals surface area (Å²) in [6, 6.07) is 22.2. The number of ketones is 1. The molecule has 0 aliphatic heterocycles. The van der Waals surface area contributed by atoms with E-state index in [1.807, 2.05) is 48.5 Å². The van der Waals surface area contributed by atoms with Crippen LogP contribution in [-0.2, 0) is 6.61 Å². The van der Waals surface area contributed by atoms with E-state index in [0.29, 0.717) is 17.9 Å². The lowest BCUT2D eigenvalue weighted by molar-refractivity contribution is 0.101. The Bertz CT molecular complexity index is 854. The maximum Gasteiger partial charge on any atom is 0.159 e. The van der Waals surface area contributed by atoms with Gasteiger partial charge in [0.25, 0.3) is 0 Å². The summed E-state index contributed by atoms with van der Waals surface area (Å²) in [7, 11) is 0. The second-order valence-corrected chi connectivity index (χ2v) is 5.59. The number of aromatic hydroxyl groups is 1. The van der Waals surface area contributed by atoms with Crippen LogP contribution in [0.2, 0.25) is 0 Å². The Morgan fingerprint density at radius 2 is 1.75 bits per heavy atom. The van der Waals surface area contributed by atoms with Crippen LogP contribution in [-0.4, -0.2) is 10.9 Å². The van der Waals surface area contributed by atoms with Crippen molar-refractivity contribution in [2.24, 2.45) is 0 Å². The van der Waals surface area contributed by atoms with Crippen LogP contribution in [0.5, 0.6) is 11.5 Å². The molecule has 0 aliphatic rings. The number of ether oxygens (including phenoxy) is 1. The second-order valence-electron chi connectivity index (χ2n) is 5.59. The number of hydrogen-bond acceptors (Lipinski definition) is 3. The number of phenols is 1. The maximum absolute atomic E-state index is 11.6. The summed E-state index contributed by atoms with van der Waals surface area (Å²) in [5.41, 5.74) is 3.29. The van der Waals surface area contributed by atoms with Gasteiger partial charge in [-0.3, -0.25) is 4.79 Å². The van der Waals surface area contributed by atoms with Gasteiger partial charge in [-0.1, -0.05) is 48.5 Å². The Labute approximate surface area is 141 Å². The summed E-state index contributed by atoms with van der Waals surface area (Å²) in [6.45, 7) is 1.97. The van der Waals surface area contributed by atoms with Crippen molar-refractivity contribution in [1.29, 1.82) is 0 Å². The van der Waals surface area contributed by atoms with E-state index < -0.39 is 0 Å². The Balaban J connectivity index is 1.94. The van der Waals surface area contributed by atoms with Crippen LogP contribution in [0, 0.1) is 0 Å². The molecule has 0 aliphatic carbocycles. The fourth-order valence-corrected chi connectivity index (χ4v) is 2.51. The Kier molecular flexibility index (Phi) is 4.62. The quantitative estimate of drug-likeness (QED) is 0.685. The molecule has 3 aromatic rings. The van der Waals surface area contributed by atoms with Crippen molar-refractivity contribution in [3.05, 3.63) is 83.9 Å². The summed E-state index contributed by atoms with van der Waals surface area (Å²) < 4.78 is 5.94. The molecule has 0 spiro atoms. The summed E-state index contributed by atoms with van der Waals surface area (Å²) in [4.78, 5) is 11.6. The van der Waals surface area contributed by atoms with E-state index in [0.717, 1.165) is 16.7 Å². The van der Waals surface area contributed by atoms with Gasteiger partial charge in [0, 0.05) is 11.1 Å². The van der Waals surface area contributed by atoms with Gasteiger partial charge in [0.2, 0.25) is 0 Å². The molecular formula is C21H18O3. The third-order valence-electron chi connectivity index (χ3n) is 3.78. The minimum Gasteiger partial charge on any atom is -0.508 e. The van der Waals surface area contributed by atoms with Gasteiger partial charge in [-0.2, -0.15) is 0 Å². The van der Waals surface area contributed by atoms with Gasteiger partial charge in [-0.25, -0.2) is 0 Å². The number of hydrogen-bond donors (Lipinski definition) is 1. The van der Waals surface area contributed by atoms with Crippen molar-refractivity contribution < 1.29 is 14.6 Å². The minimum atomic E-state index is 0.00348. The highest BCUT2D eigenvalue weighted by molar-refractivity contribution is 5.95. The zero-order valence-electron chi connectivity index (χ0n) is 13.4. The van der Waals surface area contributed by atoms with Crippen LogP contribution < -0.4 is 4.74 Å². The molecule has 0 amide bonds. The Morgan fingerprint density at radius 1 is 0.958 bits per heavy atom. The van der Waals surface area contributed by atoms with Crippen molar-refractivity contribution in [2.45, 2.75) is 13.5 Å². The van der Waals surface area contributed by atoms with Crippen molar-refractivity contribution >= 4 is 5.78 Å². The van der Waals surface area contributed by atoms with Crippen LogP contribution in [0.15, 0.2) is 72.8 Å². The molecule has 3 rings (SSSR count). The minimum absolute atomic E-state index is 0.00348. The van der Waals surface area contributed by atoms with E-state index in [4.69, 9.17) is 4.74 Å². The average Bonchev–Trinajstić information content (AvgIpc) is 2.61. The van der Waals surface area contributed by atoms with Gasteiger partial charge in [-0.05, 0) is 42.3 Å². The lowest BCUT2D eigenvalue weighted by atomic mass is 10.0. The van der Waals surface area contributed by atoms with E-state index in [1.165, 1.54) is 6.92 Å². The fourth-order valence-electron chi connectivity index (χ4n) is 2.51. The van der Waals surface area contributed by atoms with Crippen LogP contribution in [0.1, 0.15) is 22.8 Å². The normalized spacial score (nSPS) is 10.4. The first-order valence-corrected chi connectivity index (χ1v) is 7.74. The number of rotatable bonds is 5. The van der Waals surface area contributed by atoms with Crippen LogP contribution in [0.25, 0.3) is 11.1 Å². The zero-order valence-corrected chi connectivity index (χ0v) is 13.4. The molecule has 3 heteroatoms. The number of phenolic OH excluding ortho intramolecular Hbond substituents is 1. The fraction of sp³-hybridized carbons (Fsp3) is 0.0952. The van der Waals surface area contributed by atoms with Crippen molar-refractivity contribution in [3.8, 4) is 22.6 Å². The largest absolute Gasteiger partial charge is 0.508 e. The molecule has 0 fully saturated rings. The lowest BCUT2D eigenvalue weighted by Crippen LogP contribution is -1.97. The topological polar surface area (TPSA) is 46.5 Å². The number of carbonyl (C=O) groups is 1. The standard InChI is InChI=1S/C21H18O3/c1-15(22)17-8-5-9-18(12-17)20-13-19(23)10-11-21(20)24-14-16-6-3-2-4-7-16/h2-13,23H,14H2,1H3. The monoisotopic (exact) mass is 318 g/mol. The first-order valence-electron chi connectivity index (χ1n) is 7.74. The van der Waals surface area contributed by atoms with E-state index >= 15 is 0 Å². The number of Topliss-reactive ketones (excluding diaryl/α,β-unsaturated/α-hetero) is 1. The first kappa shape index (κ1) is 15.8. The predicted molar refractivity (Wildman–Crippen MR) is 94.3 cm³/mol. The van der Waals surface area contributed by atoms with E-state index in [-0.39, 0.29) is 11.5 Å². The molecule has 120 valence electrons. The number of benzene rings is 3. The maximum atomic E-state index is 11.6. The van der Waals surface area contributed by atoms with E-state index in [1.54, 1.807) is 24.3 Å². The van der Waals surface area contributed by atoms with Gasteiger partial charge in [-0.15, -0.1) is 0 Å². The molecule has 0 radical (unpaired) electrons. The van der Waals surface area contributed by atoms with Crippen molar-refractivity contribution in [1.82, 2.24) is 0 Å². The summed E-state index contributed by atoms with van der Waals surface area (Å²) in [5.74, 6) is 0.825. The highest BCUT2D eigenvalue weighted by atomic mass is 16.5. The Morgan fingerprint density at radius 3 is 2.50 bits per heavy atom. The SMILES string of the molecule is CC(=O)c1cccc(-c2cc(O)ccc2OCc2ccccc2)c1. The molecule has 0 atom stereocenters. The molecule has 3 aromatic carbocycles. The number of carbonyl (C=O) groups excluding carboxylic acids is 1. The molecular weight excluding hydrogens is 300 g/mol. The molecule has 24 heavy (non-hydrogen) atoms. The Hall–Kier alpha value is -3.07. The van der Waals surface area contributed by atoms with Gasteiger partial charge >= 0.3 is 0 Å².